The minimum absolute atomic E-state index is 0.00889. The van der Waals surface area contributed by atoms with Gasteiger partial charge in [0.25, 0.3) is 0 Å². The number of alkyl halides is 3. The number of benzene rings is 1. The van der Waals surface area contributed by atoms with Crippen LogP contribution >= 0.6 is 0 Å². The van der Waals surface area contributed by atoms with Gasteiger partial charge in [-0.25, -0.2) is 0 Å². The van der Waals surface area contributed by atoms with Crippen molar-refractivity contribution in [3.05, 3.63) is 35.9 Å². The minimum Gasteiger partial charge on any atom is -0.301 e. The predicted molar refractivity (Wildman–Crippen MR) is 53.9 cm³/mol. The van der Waals surface area contributed by atoms with Crippen molar-refractivity contribution in [2.24, 2.45) is 0 Å². The van der Waals surface area contributed by atoms with Crippen molar-refractivity contribution in [1.82, 2.24) is 0 Å². The smallest absolute Gasteiger partial charge is 0.301 e. The van der Waals surface area contributed by atoms with E-state index in [4.69, 9.17) is 0 Å². The lowest BCUT2D eigenvalue weighted by Gasteiger charge is -2.33. The molecule has 2 rings (SSSR count). The average molecular weight is 227 g/mol. The maximum Gasteiger partial charge on any atom is 0.485 e. The Bertz CT molecular complexity index is 439. The predicted octanol–water partition coefficient (Wildman–Crippen LogP) is 2.61. The number of anilines is 1. The Labute approximate surface area is 90.0 Å². The van der Waals surface area contributed by atoms with Crippen LogP contribution in [0.25, 0.3) is 6.08 Å². The molecule has 1 aliphatic rings. The molecule has 5 heteroatoms. The number of hydrogen-bond donors (Lipinski definition) is 0. The standard InChI is InChI=1S/C11H8F3NO/c12-11(13,14)15-9(7-16)6-5-8-3-1-2-4-10(8)15/h1-7,9H. The van der Waals surface area contributed by atoms with Crippen molar-refractivity contribution in [3.63, 3.8) is 0 Å². The van der Waals surface area contributed by atoms with Crippen LogP contribution in [0.5, 0.6) is 0 Å². The van der Waals surface area contributed by atoms with Crippen LogP contribution < -0.4 is 4.90 Å². The molecular formula is C11H8F3NO. The molecule has 0 bridgehead atoms. The first kappa shape index (κ1) is 10.7. The summed E-state index contributed by atoms with van der Waals surface area (Å²) < 4.78 is 38.4. The Morgan fingerprint density at radius 1 is 1.25 bits per heavy atom. The van der Waals surface area contributed by atoms with Crippen molar-refractivity contribution in [2.45, 2.75) is 12.3 Å². The number of hydrogen-bond acceptors (Lipinski definition) is 2. The highest BCUT2D eigenvalue weighted by atomic mass is 19.4. The molecule has 1 aromatic rings. The van der Waals surface area contributed by atoms with Crippen LogP contribution in [0.2, 0.25) is 0 Å². The van der Waals surface area contributed by atoms with Crippen molar-refractivity contribution >= 4 is 18.0 Å². The largest absolute Gasteiger partial charge is 0.485 e. The van der Waals surface area contributed by atoms with Gasteiger partial charge < -0.3 is 4.79 Å². The molecule has 0 saturated carbocycles. The summed E-state index contributed by atoms with van der Waals surface area (Å²) in [6.07, 6.45) is -1.52. The van der Waals surface area contributed by atoms with E-state index in [9.17, 15) is 18.0 Å². The van der Waals surface area contributed by atoms with Crippen LogP contribution in [0.15, 0.2) is 30.3 Å². The Morgan fingerprint density at radius 2 is 1.94 bits per heavy atom. The Kier molecular flexibility index (Phi) is 2.46. The molecule has 0 aromatic heterocycles. The summed E-state index contributed by atoms with van der Waals surface area (Å²) in [4.78, 5) is 10.8. The molecule has 1 aliphatic heterocycles. The van der Waals surface area contributed by atoms with E-state index in [1.807, 2.05) is 0 Å². The number of fused-ring (bicyclic) bond motifs is 1. The van der Waals surface area contributed by atoms with E-state index >= 15 is 0 Å². The summed E-state index contributed by atoms with van der Waals surface area (Å²) in [6.45, 7) is 0. The van der Waals surface area contributed by atoms with Gasteiger partial charge in [-0.2, -0.15) is 13.2 Å². The molecule has 0 spiro atoms. The molecule has 0 radical (unpaired) electrons. The molecule has 84 valence electrons. The minimum atomic E-state index is -4.56. The first-order valence-corrected chi connectivity index (χ1v) is 4.62. The Morgan fingerprint density at radius 3 is 2.56 bits per heavy atom. The second-order valence-electron chi connectivity index (χ2n) is 3.38. The molecule has 1 heterocycles. The molecule has 1 unspecified atom stereocenters. The molecule has 0 fully saturated rings. The van der Waals surface area contributed by atoms with Gasteiger partial charge in [-0.15, -0.1) is 0 Å². The summed E-state index contributed by atoms with van der Waals surface area (Å²) in [5.74, 6) is 0. The summed E-state index contributed by atoms with van der Waals surface area (Å²) >= 11 is 0. The zero-order valence-corrected chi connectivity index (χ0v) is 8.11. The molecule has 1 aromatic carbocycles. The van der Waals surface area contributed by atoms with Gasteiger partial charge in [0.2, 0.25) is 0 Å². The fraction of sp³-hybridized carbons (Fsp3) is 0.182. The van der Waals surface area contributed by atoms with E-state index in [0.717, 1.165) is 0 Å². The lowest BCUT2D eigenvalue weighted by Crippen LogP contribution is -2.47. The molecule has 1 atom stereocenters. The van der Waals surface area contributed by atoms with E-state index < -0.39 is 12.3 Å². The van der Waals surface area contributed by atoms with Gasteiger partial charge in [0.1, 0.15) is 12.3 Å². The molecule has 0 saturated heterocycles. The fourth-order valence-corrected chi connectivity index (χ4v) is 1.71. The van der Waals surface area contributed by atoms with Crippen molar-refractivity contribution in [2.75, 3.05) is 4.90 Å². The van der Waals surface area contributed by atoms with Gasteiger partial charge in [-0.3, -0.25) is 4.90 Å². The van der Waals surface area contributed by atoms with Crippen LogP contribution in [-0.2, 0) is 4.79 Å². The number of aldehydes is 1. The number of carbonyl (C=O) groups is 1. The average Bonchev–Trinajstić information content (AvgIpc) is 2.26. The maximum absolute atomic E-state index is 12.8. The second kappa shape index (κ2) is 3.66. The van der Waals surface area contributed by atoms with Gasteiger partial charge in [-0.05, 0) is 11.6 Å². The van der Waals surface area contributed by atoms with Crippen molar-refractivity contribution < 1.29 is 18.0 Å². The van der Waals surface area contributed by atoms with Crippen molar-refractivity contribution in [1.29, 1.82) is 0 Å². The van der Waals surface area contributed by atoms with Gasteiger partial charge in [0.15, 0.2) is 0 Å². The third-order valence-electron chi connectivity index (χ3n) is 2.38. The van der Waals surface area contributed by atoms with Gasteiger partial charge in [0, 0.05) is 0 Å². The van der Waals surface area contributed by atoms with Crippen LogP contribution in [-0.4, -0.2) is 18.6 Å². The first-order chi connectivity index (χ1) is 7.54. The SMILES string of the molecule is O=CC1C=Cc2ccccc2N1C(F)(F)F. The molecule has 2 nitrogen and oxygen atoms in total. The highest BCUT2D eigenvalue weighted by Gasteiger charge is 2.43. The van der Waals surface area contributed by atoms with E-state index in [1.165, 1.54) is 24.3 Å². The molecule has 0 amide bonds. The van der Waals surface area contributed by atoms with Crippen LogP contribution in [0, 0.1) is 0 Å². The Balaban J connectivity index is 2.54. The normalized spacial score (nSPS) is 19.4. The van der Waals surface area contributed by atoms with E-state index in [2.05, 4.69) is 0 Å². The molecular weight excluding hydrogens is 219 g/mol. The number of rotatable bonds is 1. The zero-order valence-electron chi connectivity index (χ0n) is 8.11. The van der Waals surface area contributed by atoms with Gasteiger partial charge in [0.05, 0.1) is 5.69 Å². The summed E-state index contributed by atoms with van der Waals surface area (Å²) in [5, 5.41) is 0. The molecule has 16 heavy (non-hydrogen) atoms. The van der Waals surface area contributed by atoms with Crippen LogP contribution in [0.3, 0.4) is 0 Å². The summed E-state index contributed by atoms with van der Waals surface area (Å²) in [5.41, 5.74) is 0.465. The summed E-state index contributed by atoms with van der Waals surface area (Å²) in [7, 11) is 0. The number of halogens is 3. The number of para-hydroxylation sites is 1. The van der Waals surface area contributed by atoms with E-state index in [-0.39, 0.29) is 16.9 Å². The molecule has 0 aliphatic carbocycles. The first-order valence-electron chi connectivity index (χ1n) is 4.62. The number of nitrogens with zero attached hydrogens (tertiary/aromatic N) is 1. The quantitative estimate of drug-likeness (QED) is 0.543. The second-order valence-corrected chi connectivity index (χ2v) is 3.38. The summed E-state index contributed by atoms with van der Waals surface area (Å²) in [6, 6.07) is 4.81. The lowest BCUT2D eigenvalue weighted by molar-refractivity contribution is -0.137. The third-order valence-corrected chi connectivity index (χ3v) is 2.38. The molecule has 0 N–H and O–H groups in total. The third kappa shape index (κ3) is 1.68. The van der Waals surface area contributed by atoms with Crippen molar-refractivity contribution in [3.8, 4) is 0 Å². The fourth-order valence-electron chi connectivity index (χ4n) is 1.71. The number of carbonyl (C=O) groups excluding carboxylic acids is 1. The zero-order chi connectivity index (χ0) is 11.8. The maximum atomic E-state index is 12.8. The topological polar surface area (TPSA) is 20.3 Å². The van der Waals surface area contributed by atoms with Crippen LogP contribution in [0.1, 0.15) is 5.56 Å². The Hall–Kier alpha value is -1.78. The highest BCUT2D eigenvalue weighted by molar-refractivity contribution is 5.81. The van der Waals surface area contributed by atoms with E-state index in [0.29, 0.717) is 5.56 Å². The monoisotopic (exact) mass is 227 g/mol. The van der Waals surface area contributed by atoms with Crippen LogP contribution in [0.4, 0.5) is 18.9 Å². The van der Waals surface area contributed by atoms with Gasteiger partial charge >= 0.3 is 6.30 Å². The van der Waals surface area contributed by atoms with Gasteiger partial charge in [-0.1, -0.05) is 30.4 Å². The highest BCUT2D eigenvalue weighted by Crippen LogP contribution is 2.36. The van der Waals surface area contributed by atoms with E-state index in [1.54, 1.807) is 12.1 Å². The lowest BCUT2D eigenvalue weighted by atomic mass is 10.0.